The molecule has 0 aromatic carbocycles. The smallest absolute Gasteiger partial charge is 0.388 e. The van der Waals surface area contributed by atoms with Crippen LogP contribution in [-0.2, 0) is 24.2 Å². The largest absolute Gasteiger partial charge is 0.390 e. The van der Waals surface area contributed by atoms with Crippen LogP contribution in [0.2, 0.25) is 0 Å². The number of hydrogen-bond acceptors (Lipinski definition) is 6. The van der Waals surface area contributed by atoms with Gasteiger partial charge >= 0.3 is 11.9 Å². The molecule has 0 radical (unpaired) electrons. The summed E-state index contributed by atoms with van der Waals surface area (Å²) in [6.45, 7) is 5.06. The average molecular weight is 507 g/mol. The molecular weight excluding hydrogens is 481 g/mol. The highest BCUT2D eigenvalue weighted by atomic mass is 35.5. The van der Waals surface area contributed by atoms with Crippen LogP contribution in [0.3, 0.4) is 0 Å². The summed E-state index contributed by atoms with van der Waals surface area (Å²) in [7, 11) is 0. The average Bonchev–Trinajstić information content (AvgIpc) is 2.99. The molecule has 4 aliphatic rings. The predicted octanol–water partition coefficient (Wildman–Crippen LogP) is 3.97. The van der Waals surface area contributed by atoms with Crippen LogP contribution in [0.4, 0.5) is 8.78 Å². The molecule has 182 valence electrons. The van der Waals surface area contributed by atoms with Crippen LogP contribution in [0.1, 0.15) is 40.0 Å². The second-order valence-corrected chi connectivity index (χ2v) is 11.3. The summed E-state index contributed by atoms with van der Waals surface area (Å²) in [5.74, 6) is -4.91. The summed E-state index contributed by atoms with van der Waals surface area (Å²) in [5, 5.41) is 11.2. The first-order valence-corrected chi connectivity index (χ1v) is 11.8. The summed E-state index contributed by atoms with van der Waals surface area (Å²) in [6, 6.07) is 0. The van der Waals surface area contributed by atoms with Gasteiger partial charge in [-0.1, -0.05) is 43.1 Å². The molecule has 9 atom stereocenters. The zero-order valence-corrected chi connectivity index (χ0v) is 19.9. The van der Waals surface area contributed by atoms with Crippen molar-refractivity contribution in [2.45, 2.75) is 62.8 Å². The SMILES string of the molecule is C[C@@H]1C[C@H]2[C@@H]3C[C@H](F)C4=CC(=O)C=C[C@]4(C)[C@@]3(F)[C@@H](O)C[C@]2(C)[C@H]1C(=O)OOC(=O)C(Cl)Cl. The lowest BCUT2D eigenvalue weighted by Gasteiger charge is -2.62. The van der Waals surface area contributed by atoms with Crippen LogP contribution < -0.4 is 0 Å². The molecule has 0 saturated heterocycles. The fraction of sp³-hybridized carbons (Fsp3) is 0.696. The number of alkyl halides is 4. The Morgan fingerprint density at radius 3 is 2.52 bits per heavy atom. The number of carbonyl (C=O) groups is 3. The third-order valence-electron chi connectivity index (χ3n) is 8.61. The van der Waals surface area contributed by atoms with E-state index in [4.69, 9.17) is 28.1 Å². The zero-order chi connectivity index (χ0) is 24.5. The van der Waals surface area contributed by atoms with E-state index in [0.717, 1.165) is 6.08 Å². The molecule has 0 heterocycles. The first-order chi connectivity index (χ1) is 15.3. The maximum Gasteiger partial charge on any atom is 0.388 e. The van der Waals surface area contributed by atoms with E-state index in [0.29, 0.717) is 6.42 Å². The van der Waals surface area contributed by atoms with Gasteiger partial charge in [-0.3, -0.25) is 4.79 Å². The number of halogens is 4. The van der Waals surface area contributed by atoms with E-state index >= 15 is 8.78 Å². The Morgan fingerprint density at radius 2 is 1.88 bits per heavy atom. The molecule has 0 aromatic rings. The summed E-state index contributed by atoms with van der Waals surface area (Å²) >= 11 is 10.8. The van der Waals surface area contributed by atoms with Crippen LogP contribution >= 0.6 is 23.2 Å². The summed E-state index contributed by atoms with van der Waals surface area (Å²) < 4.78 is 32.4. The number of carbonyl (C=O) groups excluding carboxylic acids is 3. The Balaban J connectivity index is 1.68. The second kappa shape index (κ2) is 8.02. The summed E-state index contributed by atoms with van der Waals surface area (Å²) in [5.41, 5.74) is -4.60. The van der Waals surface area contributed by atoms with E-state index in [1.807, 2.05) is 0 Å². The molecular formula is C23H26Cl2F2O6. The Hall–Kier alpha value is -1.51. The lowest BCUT2D eigenvalue weighted by molar-refractivity contribution is -0.266. The van der Waals surface area contributed by atoms with Gasteiger partial charge in [-0.05, 0) is 61.2 Å². The van der Waals surface area contributed by atoms with Crippen LogP contribution in [0.5, 0.6) is 0 Å². The first kappa shape index (κ1) is 24.6. The van der Waals surface area contributed by atoms with E-state index in [9.17, 15) is 19.5 Å². The molecule has 0 spiro atoms. The first-order valence-electron chi connectivity index (χ1n) is 10.9. The van der Waals surface area contributed by atoms with E-state index in [-0.39, 0.29) is 24.3 Å². The summed E-state index contributed by atoms with van der Waals surface area (Å²) in [6.07, 6.45) is 0.736. The quantitative estimate of drug-likeness (QED) is 0.346. The maximum atomic E-state index is 17.0. The molecule has 4 rings (SSSR count). The van der Waals surface area contributed by atoms with E-state index in [1.54, 1.807) is 13.8 Å². The highest BCUT2D eigenvalue weighted by Gasteiger charge is 2.73. The van der Waals surface area contributed by atoms with Gasteiger partial charge in [0.1, 0.15) is 6.17 Å². The lowest BCUT2D eigenvalue weighted by Crippen LogP contribution is -2.68. The molecule has 0 aromatic heterocycles. The minimum Gasteiger partial charge on any atom is -0.390 e. The minimum atomic E-state index is -2.22. The van der Waals surface area contributed by atoms with Gasteiger partial charge in [0, 0.05) is 11.3 Å². The second-order valence-electron chi connectivity index (χ2n) is 10.2. The van der Waals surface area contributed by atoms with Gasteiger partial charge in [0.25, 0.3) is 0 Å². The highest BCUT2D eigenvalue weighted by molar-refractivity contribution is 6.52. The molecule has 3 saturated carbocycles. The number of aliphatic hydroxyl groups excluding tert-OH is 1. The zero-order valence-electron chi connectivity index (χ0n) is 18.4. The number of aliphatic hydroxyl groups is 1. The Labute approximate surface area is 200 Å². The normalized spacial score (nSPS) is 46.2. The minimum absolute atomic E-state index is 0.0435. The standard InChI is InChI=1S/C23H26Cl2F2O6/c1-10-6-12-13-8-15(26)14-7-11(28)4-5-22(14,3)23(13,27)16(29)9-21(12,2)17(10)19(30)32-33-20(31)18(24)25/h4-5,7,10,12-13,15-18,29H,6,8-9H2,1-3H3/t10-,12+,13+,15+,16+,17-,21+,22+,23+/m1/s1. The van der Waals surface area contributed by atoms with Crippen molar-refractivity contribution in [3.05, 3.63) is 23.8 Å². The number of allylic oxidation sites excluding steroid dienone is 4. The number of fused-ring (bicyclic) bond motifs is 5. The Kier molecular flexibility index (Phi) is 5.98. The highest BCUT2D eigenvalue weighted by Crippen LogP contribution is 2.70. The monoisotopic (exact) mass is 506 g/mol. The number of hydrogen-bond donors (Lipinski definition) is 1. The fourth-order valence-corrected chi connectivity index (χ4v) is 7.32. The fourth-order valence-electron chi connectivity index (χ4n) is 7.24. The van der Waals surface area contributed by atoms with Crippen LogP contribution in [-0.4, -0.2) is 45.6 Å². The van der Waals surface area contributed by atoms with Gasteiger partial charge in [0.2, 0.25) is 4.84 Å². The maximum absolute atomic E-state index is 17.0. The third-order valence-corrected chi connectivity index (χ3v) is 8.96. The number of rotatable bonds is 2. The molecule has 33 heavy (non-hydrogen) atoms. The van der Waals surface area contributed by atoms with Gasteiger partial charge in [0.05, 0.1) is 12.0 Å². The van der Waals surface area contributed by atoms with Crippen molar-refractivity contribution in [3.8, 4) is 0 Å². The third kappa shape index (κ3) is 3.39. The van der Waals surface area contributed by atoms with Crippen molar-refractivity contribution in [2.75, 3.05) is 0 Å². The van der Waals surface area contributed by atoms with Crippen molar-refractivity contribution < 1.29 is 38.0 Å². The van der Waals surface area contributed by atoms with E-state index in [2.05, 4.69) is 4.89 Å². The van der Waals surface area contributed by atoms with Crippen molar-refractivity contribution in [3.63, 3.8) is 0 Å². The van der Waals surface area contributed by atoms with Crippen molar-refractivity contribution in [1.82, 2.24) is 0 Å². The van der Waals surface area contributed by atoms with Crippen LogP contribution in [0, 0.1) is 34.5 Å². The molecule has 3 fully saturated rings. The molecule has 1 N–H and O–H groups in total. The predicted molar refractivity (Wildman–Crippen MR) is 114 cm³/mol. The molecule has 0 bridgehead atoms. The Morgan fingerprint density at radius 1 is 1.21 bits per heavy atom. The lowest BCUT2D eigenvalue weighted by atomic mass is 9.45. The van der Waals surface area contributed by atoms with E-state index < -0.39 is 69.1 Å². The van der Waals surface area contributed by atoms with Crippen LogP contribution in [0.25, 0.3) is 0 Å². The topological polar surface area (TPSA) is 89.9 Å². The number of ketones is 1. The van der Waals surface area contributed by atoms with Crippen molar-refractivity contribution in [1.29, 1.82) is 0 Å². The van der Waals surface area contributed by atoms with Gasteiger partial charge in [-0.15, -0.1) is 0 Å². The molecule has 10 heteroatoms. The van der Waals surface area contributed by atoms with Crippen molar-refractivity contribution >= 4 is 40.9 Å². The van der Waals surface area contributed by atoms with Gasteiger partial charge in [0.15, 0.2) is 11.5 Å². The van der Waals surface area contributed by atoms with Gasteiger partial charge in [-0.2, -0.15) is 0 Å². The molecule has 0 aliphatic heterocycles. The molecule has 4 aliphatic carbocycles. The molecule has 0 amide bonds. The van der Waals surface area contributed by atoms with E-state index in [1.165, 1.54) is 19.1 Å². The molecule has 6 nitrogen and oxygen atoms in total. The molecule has 0 unspecified atom stereocenters. The summed E-state index contributed by atoms with van der Waals surface area (Å²) in [4.78, 5) is 43.8. The van der Waals surface area contributed by atoms with Crippen molar-refractivity contribution in [2.24, 2.45) is 34.5 Å². The van der Waals surface area contributed by atoms with Crippen LogP contribution in [0.15, 0.2) is 23.8 Å². The van der Waals surface area contributed by atoms with Gasteiger partial charge in [-0.25, -0.2) is 28.1 Å². The Bertz CT molecular complexity index is 953. The van der Waals surface area contributed by atoms with Gasteiger partial charge < -0.3 is 5.11 Å².